The lowest BCUT2D eigenvalue weighted by Gasteiger charge is -2.42. The standard InChI is InChI=1S/C13H22N2O2/c1-9-10(16)15-11(14-9)13(17-4)7-5-12(2,3)6-8-13/h9H,5-8H2,1-4H3,(H,14,15,16). The Bertz CT molecular complexity index is 350. The van der Waals surface area contributed by atoms with E-state index in [2.05, 4.69) is 24.2 Å². The Hall–Kier alpha value is -0.900. The molecule has 4 nitrogen and oxygen atoms in total. The normalized spacial score (nSPS) is 30.9. The summed E-state index contributed by atoms with van der Waals surface area (Å²) in [7, 11) is 1.72. The Morgan fingerprint density at radius 3 is 2.29 bits per heavy atom. The molecule has 0 aromatic rings. The lowest BCUT2D eigenvalue weighted by atomic mass is 9.70. The van der Waals surface area contributed by atoms with Gasteiger partial charge in [0.05, 0.1) is 0 Å². The van der Waals surface area contributed by atoms with Crippen molar-refractivity contribution in [3.8, 4) is 0 Å². The molecule has 0 radical (unpaired) electrons. The number of amidine groups is 1. The molecule has 2 rings (SSSR count). The van der Waals surface area contributed by atoms with E-state index in [4.69, 9.17) is 4.74 Å². The van der Waals surface area contributed by atoms with Crippen LogP contribution in [0.1, 0.15) is 46.5 Å². The molecule has 4 heteroatoms. The molecular formula is C13H22N2O2. The molecule has 1 fully saturated rings. The third-order valence-corrected chi connectivity index (χ3v) is 4.18. The van der Waals surface area contributed by atoms with Gasteiger partial charge in [-0.2, -0.15) is 0 Å². The van der Waals surface area contributed by atoms with E-state index in [0.29, 0.717) is 5.41 Å². The fraction of sp³-hybridized carbons (Fsp3) is 0.846. The number of methoxy groups -OCH3 is 1. The summed E-state index contributed by atoms with van der Waals surface area (Å²) >= 11 is 0. The predicted octanol–water partition coefficient (Wildman–Crippen LogP) is 1.89. The highest BCUT2D eigenvalue weighted by Crippen LogP contribution is 2.42. The minimum atomic E-state index is -0.365. The topological polar surface area (TPSA) is 50.7 Å². The Morgan fingerprint density at radius 1 is 1.29 bits per heavy atom. The van der Waals surface area contributed by atoms with Crippen molar-refractivity contribution in [2.24, 2.45) is 10.4 Å². The number of ether oxygens (including phenoxy) is 1. The lowest BCUT2D eigenvalue weighted by Crippen LogP contribution is -2.50. The van der Waals surface area contributed by atoms with Crippen LogP contribution in [0.2, 0.25) is 0 Å². The number of rotatable bonds is 2. The average Bonchev–Trinajstić information content (AvgIpc) is 2.61. The molecule has 0 aromatic carbocycles. The second-order valence-electron chi connectivity index (χ2n) is 6.01. The number of hydrogen-bond acceptors (Lipinski definition) is 3. The molecule has 1 heterocycles. The number of hydrogen-bond donors (Lipinski definition) is 1. The van der Waals surface area contributed by atoms with Gasteiger partial charge in [-0.05, 0) is 38.0 Å². The van der Waals surface area contributed by atoms with E-state index in [9.17, 15) is 4.79 Å². The number of amides is 1. The highest BCUT2D eigenvalue weighted by Gasteiger charge is 2.45. The zero-order valence-corrected chi connectivity index (χ0v) is 11.2. The van der Waals surface area contributed by atoms with Crippen LogP contribution in [0.4, 0.5) is 0 Å². The van der Waals surface area contributed by atoms with Crippen molar-refractivity contribution in [2.75, 3.05) is 7.11 Å². The third kappa shape index (κ3) is 2.23. The van der Waals surface area contributed by atoms with Crippen molar-refractivity contribution in [2.45, 2.75) is 58.1 Å². The van der Waals surface area contributed by atoms with Crippen LogP contribution in [0.3, 0.4) is 0 Å². The number of aliphatic imine (C=N–C) groups is 1. The van der Waals surface area contributed by atoms with Crippen molar-refractivity contribution in [1.82, 2.24) is 5.32 Å². The van der Waals surface area contributed by atoms with Crippen LogP contribution < -0.4 is 5.32 Å². The van der Waals surface area contributed by atoms with E-state index in [1.54, 1.807) is 7.11 Å². The monoisotopic (exact) mass is 238 g/mol. The summed E-state index contributed by atoms with van der Waals surface area (Å²) in [6.45, 7) is 6.38. The first-order valence-corrected chi connectivity index (χ1v) is 6.33. The summed E-state index contributed by atoms with van der Waals surface area (Å²) < 4.78 is 5.71. The summed E-state index contributed by atoms with van der Waals surface area (Å²) in [5.74, 6) is 0.731. The van der Waals surface area contributed by atoms with Gasteiger partial charge in [0.25, 0.3) is 0 Å². The van der Waals surface area contributed by atoms with E-state index >= 15 is 0 Å². The van der Waals surface area contributed by atoms with Crippen LogP contribution in [0.25, 0.3) is 0 Å². The van der Waals surface area contributed by atoms with Crippen LogP contribution in [-0.2, 0) is 9.53 Å². The fourth-order valence-electron chi connectivity index (χ4n) is 2.61. The van der Waals surface area contributed by atoms with E-state index < -0.39 is 0 Å². The minimum Gasteiger partial charge on any atom is -0.370 e. The molecule has 1 amide bonds. The molecule has 1 N–H and O–H groups in total. The quantitative estimate of drug-likeness (QED) is 0.798. The van der Waals surface area contributed by atoms with E-state index in [-0.39, 0.29) is 17.6 Å². The van der Waals surface area contributed by atoms with Crippen molar-refractivity contribution >= 4 is 11.7 Å². The van der Waals surface area contributed by atoms with Gasteiger partial charge in [0, 0.05) is 7.11 Å². The van der Waals surface area contributed by atoms with Crippen molar-refractivity contribution in [3.05, 3.63) is 0 Å². The van der Waals surface area contributed by atoms with Gasteiger partial charge in [-0.3, -0.25) is 9.79 Å². The Morgan fingerprint density at radius 2 is 1.88 bits per heavy atom. The van der Waals surface area contributed by atoms with Gasteiger partial charge in [0.2, 0.25) is 5.91 Å². The first-order valence-electron chi connectivity index (χ1n) is 6.33. The smallest absolute Gasteiger partial charge is 0.249 e. The van der Waals surface area contributed by atoms with Gasteiger partial charge in [-0.25, -0.2) is 0 Å². The predicted molar refractivity (Wildman–Crippen MR) is 67.0 cm³/mol. The molecule has 96 valence electrons. The molecule has 2 aliphatic rings. The maximum Gasteiger partial charge on any atom is 0.249 e. The highest BCUT2D eigenvalue weighted by molar-refractivity contribution is 6.09. The van der Waals surface area contributed by atoms with Gasteiger partial charge < -0.3 is 10.1 Å². The lowest BCUT2D eigenvalue weighted by molar-refractivity contribution is -0.119. The van der Waals surface area contributed by atoms with Crippen LogP contribution >= 0.6 is 0 Å². The first kappa shape index (κ1) is 12.6. The maximum absolute atomic E-state index is 11.5. The summed E-state index contributed by atoms with van der Waals surface area (Å²) in [5.41, 5.74) is 0.00671. The van der Waals surface area contributed by atoms with Gasteiger partial charge in [0.1, 0.15) is 17.5 Å². The Labute approximate surface area is 103 Å². The number of nitrogens with zero attached hydrogens (tertiary/aromatic N) is 1. The van der Waals surface area contributed by atoms with E-state index in [1.807, 2.05) is 6.92 Å². The fourth-order valence-corrected chi connectivity index (χ4v) is 2.61. The molecule has 1 aliphatic carbocycles. The van der Waals surface area contributed by atoms with Gasteiger partial charge in [-0.1, -0.05) is 13.8 Å². The van der Waals surface area contributed by atoms with Crippen LogP contribution in [0.5, 0.6) is 0 Å². The maximum atomic E-state index is 11.5. The van der Waals surface area contributed by atoms with Gasteiger partial charge >= 0.3 is 0 Å². The van der Waals surface area contributed by atoms with Crippen LogP contribution in [0.15, 0.2) is 4.99 Å². The molecule has 1 atom stereocenters. The van der Waals surface area contributed by atoms with Crippen molar-refractivity contribution < 1.29 is 9.53 Å². The zero-order valence-electron chi connectivity index (χ0n) is 11.2. The third-order valence-electron chi connectivity index (χ3n) is 4.18. The van der Waals surface area contributed by atoms with Crippen molar-refractivity contribution in [1.29, 1.82) is 0 Å². The molecule has 17 heavy (non-hydrogen) atoms. The van der Waals surface area contributed by atoms with Crippen LogP contribution in [-0.4, -0.2) is 30.5 Å². The summed E-state index contributed by atoms with van der Waals surface area (Å²) in [6, 6.07) is -0.271. The molecule has 0 spiro atoms. The molecule has 1 unspecified atom stereocenters. The van der Waals surface area contributed by atoms with E-state index in [0.717, 1.165) is 31.5 Å². The van der Waals surface area contributed by atoms with Gasteiger partial charge in [-0.15, -0.1) is 0 Å². The van der Waals surface area contributed by atoms with Gasteiger partial charge in [0.15, 0.2) is 0 Å². The molecule has 0 saturated heterocycles. The zero-order chi connectivity index (χ0) is 12.7. The second kappa shape index (κ2) is 4.09. The van der Waals surface area contributed by atoms with E-state index in [1.165, 1.54) is 0 Å². The molecule has 1 aliphatic heterocycles. The SMILES string of the molecule is COC1(C2=NC(C)C(=O)N2)CCC(C)(C)CC1. The summed E-state index contributed by atoms with van der Waals surface area (Å²) in [4.78, 5) is 15.9. The van der Waals surface area contributed by atoms with Crippen LogP contribution in [0, 0.1) is 5.41 Å². The summed E-state index contributed by atoms with van der Waals surface area (Å²) in [5, 5.41) is 2.88. The van der Waals surface area contributed by atoms with Crippen molar-refractivity contribution in [3.63, 3.8) is 0 Å². The first-order chi connectivity index (χ1) is 7.88. The Kier molecular flexibility index (Phi) is 3.02. The molecule has 0 bridgehead atoms. The largest absolute Gasteiger partial charge is 0.370 e. The number of nitrogens with one attached hydrogen (secondary N) is 1. The average molecular weight is 238 g/mol. The molecule has 0 aromatic heterocycles. The highest BCUT2D eigenvalue weighted by atomic mass is 16.5. The minimum absolute atomic E-state index is 0.0127. The number of carbonyl (C=O) groups excluding carboxylic acids is 1. The second-order valence-corrected chi connectivity index (χ2v) is 6.01. The summed E-state index contributed by atoms with van der Waals surface area (Å²) in [6.07, 6.45) is 4.07. The molecular weight excluding hydrogens is 216 g/mol. The number of carbonyl (C=O) groups is 1. The Balaban J connectivity index is 2.17. The molecule has 1 saturated carbocycles.